The lowest BCUT2D eigenvalue weighted by atomic mass is 9.97. The van der Waals surface area contributed by atoms with E-state index < -0.39 is 20.7 Å². The number of rotatable bonds is 13. The van der Waals surface area contributed by atoms with Crippen molar-refractivity contribution in [3.63, 3.8) is 0 Å². The van der Waals surface area contributed by atoms with Crippen LogP contribution in [0.1, 0.15) is 58.6 Å². The summed E-state index contributed by atoms with van der Waals surface area (Å²) in [6.07, 6.45) is 2.28. The Kier molecular flexibility index (Phi) is 11.9. The Hall–Kier alpha value is -3.81. The van der Waals surface area contributed by atoms with E-state index in [1.165, 1.54) is 19.4 Å². The van der Waals surface area contributed by atoms with Gasteiger partial charge in [0.05, 0.1) is 34.7 Å². The lowest BCUT2D eigenvalue weighted by Crippen LogP contribution is -2.43. The first-order valence-electron chi connectivity index (χ1n) is 16.4. The van der Waals surface area contributed by atoms with Crippen molar-refractivity contribution < 1.29 is 32.3 Å². The Balaban J connectivity index is 1.39. The Labute approximate surface area is 307 Å². The van der Waals surface area contributed by atoms with Crippen LogP contribution in [0.25, 0.3) is 22.4 Å². The quantitative estimate of drug-likeness (QED) is 0.0753. The van der Waals surface area contributed by atoms with E-state index in [9.17, 15) is 18.4 Å². The van der Waals surface area contributed by atoms with Crippen LogP contribution in [-0.2, 0) is 23.8 Å². The molecule has 0 atom stereocenters. The lowest BCUT2D eigenvalue weighted by Gasteiger charge is -2.37. The maximum absolute atomic E-state index is 13.7. The number of halogens is 4. The standard InChI is InChI=1S/C37H40Cl2F2N4O5Si/c1-37(2,3)51(5,6)49-16-15-45-14-13-25-29(20-45)43-27(18-32(25)50-36(40)41)31(47)17-22-9-7-10-23(33(22)38)24-11-8-12-26(34(24)39)28-19-42-30(21-46)35(44-28)48-4/h7-12,18-19,21,36H,13-17,20H2,1-6H3. The predicted octanol–water partition coefficient (Wildman–Crippen LogP) is 8.74. The number of hydrogen-bond acceptors (Lipinski definition) is 9. The number of ketones is 1. The number of carbonyl (C=O) groups excluding carboxylic acids is 2. The Bertz CT molecular complexity index is 1940. The van der Waals surface area contributed by atoms with E-state index >= 15 is 0 Å². The van der Waals surface area contributed by atoms with Crippen molar-refractivity contribution in [3.05, 3.63) is 86.9 Å². The van der Waals surface area contributed by atoms with Crippen LogP contribution in [0.3, 0.4) is 0 Å². The fraction of sp³-hybridized carbons (Fsp3) is 0.378. The topological polar surface area (TPSA) is 104 Å². The molecule has 0 aliphatic carbocycles. The summed E-state index contributed by atoms with van der Waals surface area (Å²) in [6.45, 7) is 10.1. The van der Waals surface area contributed by atoms with Gasteiger partial charge in [-0.2, -0.15) is 8.78 Å². The van der Waals surface area contributed by atoms with Gasteiger partial charge in [-0.15, -0.1) is 0 Å². The molecule has 9 nitrogen and oxygen atoms in total. The third kappa shape index (κ3) is 8.64. The highest BCUT2D eigenvalue weighted by Gasteiger charge is 2.37. The molecular formula is C37H40Cl2F2N4O5Si. The summed E-state index contributed by atoms with van der Waals surface area (Å²) in [5, 5.41) is 0.690. The smallest absolute Gasteiger partial charge is 0.387 e. The molecule has 5 rings (SSSR count). The van der Waals surface area contributed by atoms with Gasteiger partial charge in [0, 0.05) is 61.0 Å². The van der Waals surface area contributed by atoms with E-state index in [2.05, 4.69) is 53.7 Å². The Morgan fingerprint density at radius 1 is 1.06 bits per heavy atom. The Morgan fingerprint density at radius 2 is 1.75 bits per heavy atom. The van der Waals surface area contributed by atoms with Crippen LogP contribution >= 0.6 is 23.2 Å². The highest BCUT2D eigenvalue weighted by atomic mass is 35.5. The van der Waals surface area contributed by atoms with Crippen LogP contribution in [-0.4, -0.2) is 73.7 Å². The number of methoxy groups -OCH3 is 1. The molecule has 0 unspecified atom stereocenters. The van der Waals surface area contributed by atoms with Gasteiger partial charge in [0.2, 0.25) is 5.88 Å². The van der Waals surface area contributed by atoms with Gasteiger partial charge in [-0.25, -0.2) is 15.0 Å². The number of Topliss-reactive ketones (excluding diaryl/α,β-unsaturated/α-hetero) is 1. The molecule has 0 radical (unpaired) electrons. The second-order valence-electron chi connectivity index (χ2n) is 13.8. The van der Waals surface area contributed by atoms with E-state index in [1.807, 2.05) is 0 Å². The number of alkyl halides is 2. The van der Waals surface area contributed by atoms with E-state index in [4.69, 9.17) is 37.1 Å². The maximum atomic E-state index is 13.7. The molecule has 0 saturated carbocycles. The summed E-state index contributed by atoms with van der Waals surface area (Å²) >= 11 is 13.8. The van der Waals surface area contributed by atoms with Crippen LogP contribution in [0.15, 0.2) is 48.7 Å². The highest BCUT2D eigenvalue weighted by Crippen LogP contribution is 2.41. The molecule has 51 heavy (non-hydrogen) atoms. The summed E-state index contributed by atoms with van der Waals surface area (Å²) in [6, 6.07) is 11.9. The van der Waals surface area contributed by atoms with E-state index in [0.29, 0.717) is 88.2 Å². The van der Waals surface area contributed by atoms with Gasteiger partial charge in [-0.1, -0.05) is 80.4 Å². The first-order valence-corrected chi connectivity index (χ1v) is 20.1. The van der Waals surface area contributed by atoms with Crippen molar-refractivity contribution in [2.75, 3.05) is 26.8 Å². The molecule has 0 spiro atoms. The second kappa shape index (κ2) is 15.8. The molecule has 270 valence electrons. The summed E-state index contributed by atoms with van der Waals surface area (Å²) in [5.41, 5.74) is 3.72. The molecule has 0 N–H and O–H groups in total. The fourth-order valence-electron chi connectivity index (χ4n) is 5.61. The van der Waals surface area contributed by atoms with Crippen molar-refractivity contribution in [3.8, 4) is 34.0 Å². The Morgan fingerprint density at radius 3 is 2.41 bits per heavy atom. The van der Waals surface area contributed by atoms with Crippen LogP contribution in [0, 0.1) is 0 Å². The van der Waals surface area contributed by atoms with Gasteiger partial charge in [-0.05, 0) is 30.1 Å². The third-order valence-electron chi connectivity index (χ3n) is 9.47. The fourth-order valence-corrected chi connectivity index (χ4v) is 7.26. The van der Waals surface area contributed by atoms with Crippen molar-refractivity contribution in [1.82, 2.24) is 19.9 Å². The van der Waals surface area contributed by atoms with Crippen LogP contribution in [0.2, 0.25) is 28.2 Å². The number of aromatic nitrogens is 3. The number of benzene rings is 2. The zero-order valence-electron chi connectivity index (χ0n) is 29.4. The average molecular weight is 758 g/mol. The maximum Gasteiger partial charge on any atom is 0.387 e. The van der Waals surface area contributed by atoms with Gasteiger partial charge in [0.1, 0.15) is 11.4 Å². The van der Waals surface area contributed by atoms with Gasteiger partial charge in [-0.3, -0.25) is 14.5 Å². The first kappa shape index (κ1) is 38.4. The summed E-state index contributed by atoms with van der Waals surface area (Å²) in [4.78, 5) is 40.4. The van der Waals surface area contributed by atoms with Crippen LogP contribution < -0.4 is 9.47 Å². The van der Waals surface area contributed by atoms with E-state index in [0.717, 1.165) is 0 Å². The molecule has 2 aromatic heterocycles. The zero-order chi connectivity index (χ0) is 37.1. The number of nitrogens with zero attached hydrogens (tertiary/aromatic N) is 4. The molecular weight excluding hydrogens is 717 g/mol. The predicted molar refractivity (Wildman–Crippen MR) is 196 cm³/mol. The largest absolute Gasteiger partial charge is 0.479 e. The van der Waals surface area contributed by atoms with Crippen molar-refractivity contribution >= 4 is 43.6 Å². The third-order valence-corrected chi connectivity index (χ3v) is 14.9. The minimum absolute atomic E-state index is 0.0107. The van der Waals surface area contributed by atoms with Gasteiger partial charge < -0.3 is 13.9 Å². The van der Waals surface area contributed by atoms with E-state index in [-0.39, 0.29) is 34.5 Å². The van der Waals surface area contributed by atoms with Crippen molar-refractivity contribution in [1.29, 1.82) is 0 Å². The molecule has 4 aromatic rings. The summed E-state index contributed by atoms with van der Waals surface area (Å²) < 4.78 is 43.5. The molecule has 2 aromatic carbocycles. The van der Waals surface area contributed by atoms with Crippen molar-refractivity contribution in [2.45, 2.75) is 64.9 Å². The number of pyridine rings is 1. The number of aldehydes is 1. The second-order valence-corrected chi connectivity index (χ2v) is 19.3. The van der Waals surface area contributed by atoms with Gasteiger partial charge in [0.15, 0.2) is 26.1 Å². The minimum atomic E-state index is -3.06. The normalized spacial score (nSPS) is 13.6. The molecule has 0 saturated heterocycles. The van der Waals surface area contributed by atoms with Crippen molar-refractivity contribution in [2.24, 2.45) is 0 Å². The summed E-state index contributed by atoms with van der Waals surface area (Å²) in [5.74, 6) is -0.393. The number of ether oxygens (including phenoxy) is 2. The molecule has 14 heteroatoms. The molecule has 0 bridgehead atoms. The highest BCUT2D eigenvalue weighted by molar-refractivity contribution is 6.74. The van der Waals surface area contributed by atoms with Crippen LogP contribution in [0.4, 0.5) is 8.78 Å². The minimum Gasteiger partial charge on any atom is -0.479 e. The first-order chi connectivity index (χ1) is 24.1. The van der Waals surface area contributed by atoms with Gasteiger partial charge in [0.25, 0.3) is 0 Å². The molecule has 0 amide bonds. The number of fused-ring (bicyclic) bond motifs is 1. The van der Waals surface area contributed by atoms with Gasteiger partial charge >= 0.3 is 6.61 Å². The number of carbonyl (C=O) groups is 2. The molecule has 1 aliphatic rings. The van der Waals surface area contributed by atoms with E-state index in [1.54, 1.807) is 36.4 Å². The monoisotopic (exact) mass is 756 g/mol. The summed E-state index contributed by atoms with van der Waals surface area (Å²) in [7, 11) is -0.549. The number of hydrogen-bond donors (Lipinski definition) is 0. The van der Waals surface area contributed by atoms with Crippen LogP contribution in [0.5, 0.6) is 11.6 Å². The average Bonchev–Trinajstić information content (AvgIpc) is 3.08. The lowest BCUT2D eigenvalue weighted by molar-refractivity contribution is -0.0508. The zero-order valence-corrected chi connectivity index (χ0v) is 31.9. The molecule has 1 aliphatic heterocycles. The molecule has 3 heterocycles. The molecule has 0 fully saturated rings. The SMILES string of the molecule is COc1nc(-c2cccc(-c3cccc(CC(=O)c4cc(OC(F)F)c5c(n4)CN(CCO[Si](C)(C)C(C)(C)C)CC5)c3Cl)c2Cl)cnc1C=O.